The van der Waals surface area contributed by atoms with Crippen molar-refractivity contribution in [2.75, 3.05) is 6.61 Å². The zero-order valence-corrected chi connectivity index (χ0v) is 14.6. The molecule has 0 unspecified atom stereocenters. The van der Waals surface area contributed by atoms with E-state index in [1.807, 2.05) is 54.4 Å². The first-order valence-electron chi connectivity index (χ1n) is 8.68. The molecule has 5 rings (SSSR count). The average molecular weight is 356 g/mol. The number of aromatic amines is 1. The largest absolute Gasteiger partial charge is 0.464 e. The maximum absolute atomic E-state index is 5.38. The van der Waals surface area contributed by atoms with Crippen LogP contribution in [0.4, 0.5) is 0 Å². The Hall–Kier alpha value is -3.74. The van der Waals surface area contributed by atoms with Gasteiger partial charge in [-0.05, 0) is 30.7 Å². The summed E-state index contributed by atoms with van der Waals surface area (Å²) in [5.74, 6) is 0. The van der Waals surface area contributed by atoms with Gasteiger partial charge < -0.3 is 9.72 Å². The number of hydrogen-bond donors (Lipinski definition) is 1. The number of ether oxygens (including phenoxy) is 1. The van der Waals surface area contributed by atoms with E-state index in [4.69, 9.17) is 4.74 Å². The molecule has 0 aromatic carbocycles. The molecule has 7 heteroatoms. The van der Waals surface area contributed by atoms with Crippen LogP contribution in [0.2, 0.25) is 0 Å². The number of nitrogens with one attached hydrogen (secondary N) is 1. The van der Waals surface area contributed by atoms with E-state index < -0.39 is 0 Å². The standard InChI is InChI=1S/C20H16N6O/c1-2-27-20-23-11-17-15(10-22-19(17)25-20)13-5-7-26-18(8-13)16(12-24-26)14-4-3-6-21-9-14/h3-12H,2H2,1H3,(H,22,23,25). The van der Waals surface area contributed by atoms with Gasteiger partial charge in [-0.25, -0.2) is 9.50 Å². The first kappa shape index (κ1) is 15.5. The SMILES string of the molecule is CCOc1ncc2c(-c3ccn4ncc(-c5cccnc5)c4c3)c[nH]c2n1. The molecule has 7 nitrogen and oxygen atoms in total. The first-order chi connectivity index (χ1) is 13.3. The predicted octanol–water partition coefficient (Wildman–Crippen LogP) is 3.73. The first-order valence-corrected chi connectivity index (χ1v) is 8.68. The van der Waals surface area contributed by atoms with Crippen molar-refractivity contribution in [3.63, 3.8) is 0 Å². The maximum atomic E-state index is 5.38. The monoisotopic (exact) mass is 356 g/mol. The Kier molecular flexibility index (Phi) is 3.57. The van der Waals surface area contributed by atoms with E-state index in [0.717, 1.165) is 38.8 Å². The zero-order chi connectivity index (χ0) is 18.2. The summed E-state index contributed by atoms with van der Waals surface area (Å²) in [5.41, 5.74) is 5.94. The molecule has 5 aromatic rings. The minimum atomic E-state index is 0.378. The summed E-state index contributed by atoms with van der Waals surface area (Å²) in [5, 5.41) is 5.40. The van der Waals surface area contributed by atoms with Crippen molar-refractivity contribution in [2.45, 2.75) is 6.92 Å². The van der Waals surface area contributed by atoms with E-state index in [1.165, 1.54) is 0 Å². The van der Waals surface area contributed by atoms with Gasteiger partial charge in [-0.2, -0.15) is 10.1 Å². The molecule has 0 radical (unpaired) electrons. The highest BCUT2D eigenvalue weighted by molar-refractivity contribution is 5.94. The molecule has 0 spiro atoms. The fourth-order valence-corrected chi connectivity index (χ4v) is 3.22. The zero-order valence-electron chi connectivity index (χ0n) is 14.6. The predicted molar refractivity (Wildman–Crippen MR) is 102 cm³/mol. The summed E-state index contributed by atoms with van der Waals surface area (Å²) in [4.78, 5) is 16.1. The Bertz CT molecular complexity index is 1240. The van der Waals surface area contributed by atoms with Crippen LogP contribution in [0.5, 0.6) is 6.01 Å². The molecule has 0 aliphatic heterocycles. The summed E-state index contributed by atoms with van der Waals surface area (Å²) in [6.45, 7) is 2.45. The average Bonchev–Trinajstić information content (AvgIpc) is 3.32. The van der Waals surface area contributed by atoms with Gasteiger partial charge in [0.15, 0.2) is 0 Å². The number of fused-ring (bicyclic) bond motifs is 2. The Morgan fingerprint density at radius 3 is 2.93 bits per heavy atom. The molecular weight excluding hydrogens is 340 g/mol. The van der Waals surface area contributed by atoms with Gasteiger partial charge in [0.25, 0.3) is 0 Å². The van der Waals surface area contributed by atoms with Gasteiger partial charge in [0, 0.05) is 53.1 Å². The van der Waals surface area contributed by atoms with Gasteiger partial charge >= 0.3 is 6.01 Å². The molecule has 0 aliphatic rings. The van der Waals surface area contributed by atoms with Crippen LogP contribution >= 0.6 is 0 Å². The molecule has 27 heavy (non-hydrogen) atoms. The Labute approximate surface area is 154 Å². The molecule has 0 saturated carbocycles. The van der Waals surface area contributed by atoms with Crippen LogP contribution in [-0.4, -0.2) is 36.2 Å². The van der Waals surface area contributed by atoms with Crippen molar-refractivity contribution >= 4 is 16.6 Å². The molecule has 0 aliphatic carbocycles. The van der Waals surface area contributed by atoms with Crippen LogP contribution in [0.25, 0.3) is 38.8 Å². The van der Waals surface area contributed by atoms with Crippen molar-refractivity contribution in [1.29, 1.82) is 0 Å². The number of H-pyrrole nitrogens is 1. The fraction of sp³-hybridized carbons (Fsp3) is 0.100. The van der Waals surface area contributed by atoms with Crippen LogP contribution < -0.4 is 4.74 Å². The topological polar surface area (TPSA) is 81.0 Å². The van der Waals surface area contributed by atoms with Gasteiger partial charge in [0.1, 0.15) is 5.65 Å². The fourth-order valence-electron chi connectivity index (χ4n) is 3.22. The van der Waals surface area contributed by atoms with E-state index in [1.54, 1.807) is 12.4 Å². The van der Waals surface area contributed by atoms with E-state index in [9.17, 15) is 0 Å². The van der Waals surface area contributed by atoms with Gasteiger partial charge in [-0.3, -0.25) is 4.98 Å². The highest BCUT2D eigenvalue weighted by Crippen LogP contribution is 2.31. The molecule has 0 fully saturated rings. The Morgan fingerprint density at radius 1 is 1.11 bits per heavy atom. The third-order valence-electron chi connectivity index (χ3n) is 4.49. The number of nitrogens with zero attached hydrogens (tertiary/aromatic N) is 5. The lowest BCUT2D eigenvalue weighted by Gasteiger charge is -2.04. The second kappa shape index (κ2) is 6.21. The van der Waals surface area contributed by atoms with E-state index >= 15 is 0 Å². The molecule has 0 amide bonds. The molecule has 0 atom stereocenters. The summed E-state index contributed by atoms with van der Waals surface area (Å²) >= 11 is 0. The van der Waals surface area contributed by atoms with Crippen LogP contribution in [-0.2, 0) is 0 Å². The number of rotatable bonds is 4. The summed E-state index contributed by atoms with van der Waals surface area (Å²) < 4.78 is 7.25. The summed E-state index contributed by atoms with van der Waals surface area (Å²) in [7, 11) is 0. The quantitative estimate of drug-likeness (QED) is 0.531. The normalized spacial score (nSPS) is 11.3. The van der Waals surface area contributed by atoms with Crippen molar-refractivity contribution in [2.24, 2.45) is 0 Å². The van der Waals surface area contributed by atoms with Crippen molar-refractivity contribution in [3.05, 3.63) is 61.4 Å². The molecule has 132 valence electrons. The van der Waals surface area contributed by atoms with Crippen LogP contribution in [0.3, 0.4) is 0 Å². The number of hydrogen-bond acceptors (Lipinski definition) is 5. The lowest BCUT2D eigenvalue weighted by atomic mass is 10.0. The smallest absolute Gasteiger partial charge is 0.318 e. The minimum absolute atomic E-state index is 0.378. The van der Waals surface area contributed by atoms with Gasteiger partial charge in [0.2, 0.25) is 0 Å². The second-order valence-corrected chi connectivity index (χ2v) is 6.10. The highest BCUT2D eigenvalue weighted by Gasteiger charge is 2.12. The molecule has 0 saturated heterocycles. The molecule has 1 N–H and O–H groups in total. The number of aromatic nitrogens is 6. The van der Waals surface area contributed by atoms with Crippen molar-refractivity contribution in [1.82, 2.24) is 29.5 Å². The summed E-state index contributed by atoms with van der Waals surface area (Å²) in [6.07, 6.45) is 11.2. The highest BCUT2D eigenvalue weighted by atomic mass is 16.5. The summed E-state index contributed by atoms with van der Waals surface area (Å²) in [6, 6.07) is 8.49. The van der Waals surface area contributed by atoms with Crippen LogP contribution in [0.15, 0.2) is 61.4 Å². The van der Waals surface area contributed by atoms with Gasteiger partial charge in [-0.1, -0.05) is 6.07 Å². The van der Waals surface area contributed by atoms with Crippen LogP contribution in [0, 0.1) is 0 Å². The third kappa shape index (κ3) is 2.60. The molecule has 5 heterocycles. The lowest BCUT2D eigenvalue weighted by Crippen LogP contribution is -1.96. The van der Waals surface area contributed by atoms with Gasteiger partial charge in [-0.15, -0.1) is 0 Å². The number of pyridine rings is 2. The van der Waals surface area contributed by atoms with Crippen LogP contribution in [0.1, 0.15) is 6.92 Å². The Morgan fingerprint density at radius 2 is 2.07 bits per heavy atom. The maximum Gasteiger partial charge on any atom is 0.318 e. The second-order valence-electron chi connectivity index (χ2n) is 6.10. The van der Waals surface area contributed by atoms with E-state index in [-0.39, 0.29) is 0 Å². The van der Waals surface area contributed by atoms with E-state index in [0.29, 0.717) is 12.6 Å². The minimum Gasteiger partial charge on any atom is -0.464 e. The third-order valence-corrected chi connectivity index (χ3v) is 4.49. The van der Waals surface area contributed by atoms with Crippen molar-refractivity contribution in [3.8, 4) is 28.3 Å². The van der Waals surface area contributed by atoms with Gasteiger partial charge in [0.05, 0.1) is 18.3 Å². The van der Waals surface area contributed by atoms with E-state index in [2.05, 4.69) is 31.1 Å². The lowest BCUT2D eigenvalue weighted by molar-refractivity contribution is 0.314. The Balaban J connectivity index is 1.64. The van der Waals surface area contributed by atoms with Crippen molar-refractivity contribution < 1.29 is 4.74 Å². The molecule has 5 aromatic heterocycles. The molecule has 0 bridgehead atoms. The molecular formula is C20H16N6O.